The molecule has 0 radical (unpaired) electrons. The van der Waals surface area contributed by atoms with E-state index in [9.17, 15) is 0 Å². The normalized spacial score (nSPS) is 15.2. The Bertz CT molecular complexity index is 4240. The van der Waals surface area contributed by atoms with Crippen molar-refractivity contribution in [2.24, 2.45) is 41.1 Å². The third kappa shape index (κ3) is 17.4. The summed E-state index contributed by atoms with van der Waals surface area (Å²) in [6.07, 6.45) is 10.4. The quantitative estimate of drug-likeness (QED) is 0.128. The predicted octanol–water partition coefficient (Wildman–Crippen LogP) is 15.9. The summed E-state index contributed by atoms with van der Waals surface area (Å²) in [6.45, 7) is 6.54. The monoisotopic (exact) mass is 1090 g/mol. The first-order chi connectivity index (χ1) is 44.2. The van der Waals surface area contributed by atoms with Gasteiger partial charge in [-0.15, -0.1) is 0 Å². The highest BCUT2D eigenvalue weighted by Gasteiger charge is 2.16. The number of benzene rings is 5. The van der Waals surface area contributed by atoms with E-state index in [-0.39, 0.29) is 12.8 Å². The van der Waals surface area contributed by atoms with Crippen molar-refractivity contribution in [2.45, 2.75) is 102 Å². The molecule has 0 amide bonds. The maximum Gasteiger partial charge on any atom is 0.212 e. The molecule has 5 nitrogen and oxygen atoms in total. The predicted molar refractivity (Wildman–Crippen MR) is 340 cm³/mol. The Morgan fingerprint density at radius 2 is 0.765 bits per heavy atom. The van der Waals surface area contributed by atoms with E-state index in [0.29, 0.717) is 11.1 Å². The van der Waals surface area contributed by atoms with Gasteiger partial charge in [0.05, 0.1) is 0 Å². The number of hydrogen-bond acceptors (Lipinski definition) is 0. The first-order valence-corrected chi connectivity index (χ1v) is 27.4. The van der Waals surface area contributed by atoms with E-state index in [1.165, 1.54) is 36.2 Å². The fourth-order valence-corrected chi connectivity index (χ4v) is 9.72. The average Bonchev–Trinajstić information content (AvgIpc) is 0.801. The number of aryl methyl sites for hydroxylation is 13. The highest BCUT2D eigenvalue weighted by molar-refractivity contribution is 5.65. The van der Waals surface area contributed by atoms with Gasteiger partial charge in [0.2, 0.25) is 28.5 Å². The Morgan fingerprint density at radius 1 is 0.370 bits per heavy atom. The van der Waals surface area contributed by atoms with Crippen LogP contribution in [0.4, 0.5) is 0 Å². The van der Waals surface area contributed by atoms with E-state index in [1.54, 1.807) is 18.2 Å². The maximum absolute atomic E-state index is 8.17. The number of rotatable bonds is 9. The van der Waals surface area contributed by atoms with Crippen molar-refractivity contribution in [1.29, 1.82) is 0 Å². The van der Waals surface area contributed by atoms with Crippen LogP contribution in [0.2, 0.25) is 0 Å². The van der Waals surface area contributed by atoms with Gasteiger partial charge >= 0.3 is 0 Å². The lowest BCUT2D eigenvalue weighted by atomic mass is 9.96. The van der Waals surface area contributed by atoms with Gasteiger partial charge in [-0.25, -0.2) is 22.8 Å². The summed E-state index contributed by atoms with van der Waals surface area (Å²) >= 11 is 0. The molecule has 0 N–H and O–H groups in total. The van der Waals surface area contributed by atoms with Crippen LogP contribution >= 0.6 is 0 Å². The van der Waals surface area contributed by atoms with E-state index >= 15 is 0 Å². The number of nitrogens with zero attached hydrogens (tertiary/aromatic N) is 5. The molecular formula is C76H92N5+5. The summed E-state index contributed by atoms with van der Waals surface area (Å²) in [4.78, 5) is 0. The molecule has 0 aliphatic carbocycles. The Balaban J connectivity index is 0.000000189. The zero-order chi connectivity index (χ0) is 70.6. The molecule has 0 aliphatic rings. The number of hydrogen-bond donors (Lipinski definition) is 0. The Hall–Kier alpha value is -8.15. The molecule has 10 rings (SSSR count). The van der Waals surface area contributed by atoms with Crippen LogP contribution in [0.3, 0.4) is 0 Å². The van der Waals surface area contributed by atoms with Crippen LogP contribution in [0.15, 0.2) is 213 Å². The molecular weight excluding hydrogens is 983 g/mol. The number of pyridine rings is 5. The molecule has 0 aliphatic heterocycles. The van der Waals surface area contributed by atoms with Gasteiger partial charge in [0.1, 0.15) is 35.2 Å². The van der Waals surface area contributed by atoms with Crippen molar-refractivity contribution < 1.29 is 42.0 Å². The van der Waals surface area contributed by atoms with Gasteiger partial charge < -0.3 is 0 Å². The molecule has 5 heteroatoms. The Kier molecular flexibility index (Phi) is 16.4. The molecule has 5 aromatic carbocycles. The second-order valence-electron chi connectivity index (χ2n) is 20.9. The minimum Gasteiger partial charge on any atom is -0.201 e. The van der Waals surface area contributed by atoms with Gasteiger partial charge in [-0.05, 0) is 178 Å². The van der Waals surface area contributed by atoms with Crippen molar-refractivity contribution in [3.8, 4) is 56.3 Å². The topological polar surface area (TPSA) is 19.4 Å². The lowest BCUT2D eigenvalue weighted by molar-refractivity contribution is -0.660. The van der Waals surface area contributed by atoms with Gasteiger partial charge in [0.25, 0.3) is 0 Å². The minimum atomic E-state index is -2.35. The SMILES string of the molecule is Cc1ccc(C)c(-c2cccc[n+]2C)c1.[2H]C([2H])([2H])C([2H])(C)Cc1ccc(-c2cccc[n+]2C)c(C)c1.[2H]C([2H])([2H])C([2H])(C)c1ccc(-c2cccc[n+]2C)c(C)c1.[2H]C([2H])([2H])Cc1ccc(-c2cccc[n+]2C)c(C)c1.[2H]C([2H])([2H])c1ccc(-c2cccc[n+]2C)c(C)c1. The molecule has 81 heavy (non-hydrogen) atoms. The molecule has 5 aromatic heterocycles. The lowest BCUT2D eigenvalue weighted by Crippen LogP contribution is -2.30. The molecule has 0 bridgehead atoms. The lowest BCUT2D eigenvalue weighted by Gasteiger charge is -2.09. The Morgan fingerprint density at radius 3 is 1.16 bits per heavy atom. The first-order valence-electron chi connectivity index (χ1n) is 34.4. The fourth-order valence-electron chi connectivity index (χ4n) is 9.72. The van der Waals surface area contributed by atoms with Crippen LogP contribution < -0.4 is 22.8 Å². The molecule has 10 aromatic rings. The average molecular weight is 1090 g/mol. The largest absolute Gasteiger partial charge is 0.212 e. The fraction of sp³-hybridized carbons (Fsp3) is 0.276. The smallest absolute Gasteiger partial charge is 0.201 e. The van der Waals surface area contributed by atoms with E-state index in [0.717, 1.165) is 78.4 Å². The molecule has 0 fully saturated rings. The zero-order valence-electron chi connectivity index (χ0n) is 63.9. The molecule has 0 saturated carbocycles. The molecule has 0 saturated heterocycles. The van der Waals surface area contributed by atoms with Gasteiger partial charge in [-0.1, -0.05) is 106 Å². The van der Waals surface area contributed by atoms with Crippen molar-refractivity contribution in [2.75, 3.05) is 0 Å². The van der Waals surface area contributed by atoms with Gasteiger partial charge in [0, 0.05) is 108 Å². The van der Waals surface area contributed by atoms with E-state index in [4.69, 9.17) is 19.2 Å². The van der Waals surface area contributed by atoms with Gasteiger partial charge in [-0.3, -0.25) is 0 Å². The molecule has 0 spiro atoms. The standard InChI is InChI=1S/C17H22N.C16H20N.C15H18N.2C14H16N/c1-13(2)11-15-8-9-16(14(3)12-15)17-7-5-6-10-18(17)4;1-12(2)14-8-9-15(13(3)11-14)16-7-5-6-10-17(16)4;1-4-13-8-9-14(12(2)11-13)15-7-5-6-10-16(15)3;1-11-7-8-13(12(2)10-11)14-6-4-5-9-15(14)3;1-11-7-8-12(2)13(10-11)14-6-4-5-9-15(14)3/h5-10,12-13H,11H2,1-4H3;5-12H,1-4H3;5-11H,4H2,1-3H3;2*4-10H,1-3H3/q5*+1/i1D3,13D;1D3,12D;2*1D3;. The highest BCUT2D eigenvalue weighted by atomic mass is 14.9. The summed E-state index contributed by atoms with van der Waals surface area (Å²) in [5.41, 5.74) is 20.7. The van der Waals surface area contributed by atoms with Crippen LogP contribution in [0.25, 0.3) is 56.3 Å². The summed E-state index contributed by atoms with van der Waals surface area (Å²) in [6, 6.07) is 59.4. The van der Waals surface area contributed by atoms with Crippen LogP contribution in [0, 0.1) is 54.3 Å². The first kappa shape index (κ1) is 44.6. The highest BCUT2D eigenvalue weighted by Crippen LogP contribution is 2.27. The third-order valence-electron chi connectivity index (χ3n) is 14.2. The Labute approximate surface area is 507 Å². The van der Waals surface area contributed by atoms with Crippen molar-refractivity contribution >= 4 is 0 Å². The summed E-state index contributed by atoms with van der Waals surface area (Å²) in [5, 5.41) is 0. The van der Waals surface area contributed by atoms with E-state index in [2.05, 4.69) is 89.3 Å². The second kappa shape index (κ2) is 29.9. The van der Waals surface area contributed by atoms with E-state index in [1.807, 2.05) is 205 Å². The molecule has 2 unspecified atom stereocenters. The summed E-state index contributed by atoms with van der Waals surface area (Å²) in [5.74, 6) is -3.08. The molecule has 2 atom stereocenters. The van der Waals surface area contributed by atoms with Gasteiger partial charge in [-0.2, -0.15) is 0 Å². The van der Waals surface area contributed by atoms with Gasteiger partial charge in [0.15, 0.2) is 31.0 Å². The van der Waals surface area contributed by atoms with Crippen LogP contribution in [-0.2, 0) is 48.1 Å². The summed E-state index contributed by atoms with van der Waals surface area (Å²) in [7, 11) is 10.0. The third-order valence-corrected chi connectivity index (χ3v) is 14.2. The zero-order valence-corrected chi connectivity index (χ0v) is 49.9. The number of aromatic nitrogens is 5. The molecule has 416 valence electrons. The van der Waals surface area contributed by atoms with Crippen molar-refractivity contribution in [3.63, 3.8) is 0 Å². The van der Waals surface area contributed by atoms with E-state index < -0.39 is 39.2 Å². The molecule has 5 heterocycles. The van der Waals surface area contributed by atoms with Crippen LogP contribution in [0.1, 0.15) is 115 Å². The minimum absolute atomic E-state index is 0.120. The van der Waals surface area contributed by atoms with Crippen molar-refractivity contribution in [1.82, 2.24) is 0 Å². The van der Waals surface area contributed by atoms with Crippen LogP contribution in [0.5, 0.6) is 0 Å². The van der Waals surface area contributed by atoms with Crippen molar-refractivity contribution in [3.05, 3.63) is 269 Å². The van der Waals surface area contributed by atoms with Crippen LogP contribution in [-0.4, -0.2) is 0 Å². The second-order valence-corrected chi connectivity index (χ2v) is 20.9. The maximum atomic E-state index is 8.17. The summed E-state index contributed by atoms with van der Waals surface area (Å²) < 4.78 is 116.